The van der Waals surface area contributed by atoms with Gasteiger partial charge in [-0.25, -0.2) is 0 Å². The van der Waals surface area contributed by atoms with Gasteiger partial charge in [-0.1, -0.05) is 74.5 Å². The maximum absolute atomic E-state index is 14.0. The van der Waals surface area contributed by atoms with Gasteiger partial charge in [0.05, 0.1) is 12.1 Å². The van der Waals surface area contributed by atoms with E-state index in [-0.39, 0.29) is 54.5 Å². The highest BCUT2D eigenvalue weighted by molar-refractivity contribution is 6.01. The standard InChI is InChI=1S/C39H52N6O5/c1-8-40-38(49)34(24(2)3)44-35(46)26(5)41-23-32(19-28-15-11-9-12-16-28)43-37(48)31-20-30(21-33(22-31)45(7)39-27(6)50-39)36(47)42-25(4)29-17-13-10-14-18-29/h9-18,20-22,24-27,32,34,39,41H,8,19,23H2,1-7H3,(H,40,49)(H,42,47)(H,43,48)(H,44,46)/t25-,26+,27?,32+,34+,39+/m1/s1. The van der Waals surface area contributed by atoms with Crippen LogP contribution in [0.5, 0.6) is 0 Å². The number of carbonyl (C=O) groups is 4. The van der Waals surface area contributed by atoms with Gasteiger partial charge in [0.25, 0.3) is 11.8 Å². The molecule has 0 radical (unpaired) electrons. The molecule has 1 unspecified atom stereocenters. The van der Waals surface area contributed by atoms with Gasteiger partial charge in [-0.2, -0.15) is 0 Å². The van der Waals surface area contributed by atoms with Crippen LogP contribution in [0.2, 0.25) is 0 Å². The number of nitrogens with zero attached hydrogens (tertiary/aromatic N) is 1. The lowest BCUT2D eigenvalue weighted by atomic mass is 10.0. The molecule has 0 aromatic heterocycles. The minimum absolute atomic E-state index is 0.0326. The van der Waals surface area contributed by atoms with E-state index in [2.05, 4.69) is 26.6 Å². The molecule has 0 aliphatic carbocycles. The Morgan fingerprint density at radius 3 is 1.94 bits per heavy atom. The van der Waals surface area contributed by atoms with Crippen LogP contribution in [-0.2, 0) is 20.7 Å². The van der Waals surface area contributed by atoms with Gasteiger partial charge in [0.1, 0.15) is 12.1 Å². The first-order valence-corrected chi connectivity index (χ1v) is 17.4. The van der Waals surface area contributed by atoms with Gasteiger partial charge in [-0.05, 0) is 69.4 Å². The first-order valence-electron chi connectivity index (χ1n) is 17.4. The molecule has 50 heavy (non-hydrogen) atoms. The first kappa shape index (κ1) is 38.1. The highest BCUT2D eigenvalue weighted by Crippen LogP contribution is 2.30. The summed E-state index contributed by atoms with van der Waals surface area (Å²) in [6.45, 7) is 12.0. The number of hydrogen-bond acceptors (Lipinski definition) is 7. The molecule has 4 rings (SSSR count). The van der Waals surface area contributed by atoms with Crippen molar-refractivity contribution in [1.82, 2.24) is 26.6 Å². The third kappa shape index (κ3) is 10.6. The van der Waals surface area contributed by atoms with Gasteiger partial charge in [-0.3, -0.25) is 19.2 Å². The monoisotopic (exact) mass is 684 g/mol. The Morgan fingerprint density at radius 2 is 1.38 bits per heavy atom. The average molecular weight is 685 g/mol. The Balaban J connectivity index is 1.53. The number of benzene rings is 3. The molecule has 1 aliphatic heterocycles. The SMILES string of the molecule is CCNC(=O)[C@@H](NC(=O)[C@H](C)NC[C@H](Cc1ccccc1)NC(=O)c1cc(C(=O)N[C@H](C)c2ccccc2)cc(N(C)[C@H]2OC2C)c1)C(C)C. The molecule has 3 aromatic carbocycles. The molecule has 268 valence electrons. The van der Waals surface area contributed by atoms with E-state index in [1.54, 1.807) is 25.1 Å². The van der Waals surface area contributed by atoms with Crippen molar-refractivity contribution < 1.29 is 23.9 Å². The Bertz CT molecular complexity index is 1600. The van der Waals surface area contributed by atoms with E-state index >= 15 is 0 Å². The molecule has 0 saturated carbocycles. The third-order valence-electron chi connectivity index (χ3n) is 8.88. The number of epoxide rings is 1. The van der Waals surface area contributed by atoms with E-state index in [0.717, 1.165) is 11.1 Å². The molecule has 1 heterocycles. The number of anilines is 1. The van der Waals surface area contributed by atoms with E-state index in [1.165, 1.54) is 0 Å². The number of ether oxygens (including phenoxy) is 1. The summed E-state index contributed by atoms with van der Waals surface area (Å²) < 4.78 is 5.68. The van der Waals surface area contributed by atoms with Crippen LogP contribution in [0, 0.1) is 5.92 Å². The molecule has 1 saturated heterocycles. The van der Waals surface area contributed by atoms with Crippen LogP contribution in [0.15, 0.2) is 78.9 Å². The van der Waals surface area contributed by atoms with E-state index in [1.807, 2.05) is 107 Å². The Morgan fingerprint density at radius 1 is 0.800 bits per heavy atom. The van der Waals surface area contributed by atoms with Crippen LogP contribution in [-0.4, -0.2) is 74.2 Å². The third-order valence-corrected chi connectivity index (χ3v) is 8.88. The zero-order chi connectivity index (χ0) is 36.4. The quantitative estimate of drug-likeness (QED) is 0.136. The molecule has 0 spiro atoms. The van der Waals surface area contributed by atoms with Crippen LogP contribution in [0.4, 0.5) is 5.69 Å². The van der Waals surface area contributed by atoms with E-state index < -0.39 is 18.1 Å². The van der Waals surface area contributed by atoms with Crippen molar-refractivity contribution >= 4 is 29.3 Å². The number of hydrogen-bond donors (Lipinski definition) is 5. The molecule has 11 nitrogen and oxygen atoms in total. The second-order valence-electron chi connectivity index (χ2n) is 13.3. The predicted octanol–water partition coefficient (Wildman–Crippen LogP) is 3.95. The summed E-state index contributed by atoms with van der Waals surface area (Å²) in [5, 5.41) is 15.1. The first-order chi connectivity index (χ1) is 23.9. The molecule has 11 heteroatoms. The van der Waals surface area contributed by atoms with Gasteiger partial charge < -0.3 is 36.2 Å². The molecule has 0 bridgehead atoms. The summed E-state index contributed by atoms with van der Waals surface area (Å²) in [4.78, 5) is 55.2. The molecule has 1 fully saturated rings. The number of amides is 4. The minimum atomic E-state index is -0.664. The molecule has 6 atom stereocenters. The summed E-state index contributed by atoms with van der Waals surface area (Å²) in [7, 11) is 1.88. The zero-order valence-corrected chi connectivity index (χ0v) is 30.2. The lowest BCUT2D eigenvalue weighted by molar-refractivity contribution is -0.130. The van der Waals surface area contributed by atoms with Crippen molar-refractivity contribution in [3.05, 3.63) is 101 Å². The van der Waals surface area contributed by atoms with Crippen LogP contribution in [0.1, 0.15) is 79.4 Å². The number of rotatable bonds is 17. The van der Waals surface area contributed by atoms with Crippen molar-refractivity contribution in [3.63, 3.8) is 0 Å². The minimum Gasteiger partial charge on any atom is -0.355 e. The lowest BCUT2D eigenvalue weighted by Gasteiger charge is -2.25. The summed E-state index contributed by atoms with van der Waals surface area (Å²) in [5.41, 5.74) is 3.34. The summed E-state index contributed by atoms with van der Waals surface area (Å²) in [6, 6.07) is 22.6. The number of likely N-dealkylation sites (N-methyl/N-ethyl adjacent to an activating group) is 2. The smallest absolute Gasteiger partial charge is 0.251 e. The fourth-order valence-corrected chi connectivity index (χ4v) is 5.76. The van der Waals surface area contributed by atoms with Crippen LogP contribution in [0.25, 0.3) is 0 Å². The molecule has 4 amide bonds. The summed E-state index contributed by atoms with van der Waals surface area (Å²) in [6.07, 6.45) is 0.375. The van der Waals surface area contributed by atoms with Gasteiger partial charge in [0, 0.05) is 43.0 Å². The molecule has 3 aromatic rings. The van der Waals surface area contributed by atoms with Gasteiger partial charge in [0.15, 0.2) is 6.23 Å². The van der Waals surface area contributed by atoms with Crippen LogP contribution >= 0.6 is 0 Å². The number of carbonyl (C=O) groups excluding carboxylic acids is 4. The highest BCUT2D eigenvalue weighted by Gasteiger charge is 2.38. The van der Waals surface area contributed by atoms with Crippen molar-refractivity contribution in [3.8, 4) is 0 Å². The van der Waals surface area contributed by atoms with Crippen LogP contribution < -0.4 is 31.5 Å². The van der Waals surface area contributed by atoms with Gasteiger partial charge in [-0.15, -0.1) is 0 Å². The topological polar surface area (TPSA) is 144 Å². The largest absolute Gasteiger partial charge is 0.355 e. The Labute approximate surface area is 295 Å². The predicted molar refractivity (Wildman–Crippen MR) is 196 cm³/mol. The average Bonchev–Trinajstić information content (AvgIpc) is 3.85. The van der Waals surface area contributed by atoms with Crippen molar-refractivity contribution in [2.75, 3.05) is 25.0 Å². The summed E-state index contributed by atoms with van der Waals surface area (Å²) >= 11 is 0. The molecule has 1 aliphatic rings. The Kier molecular flexibility index (Phi) is 13.5. The fourth-order valence-electron chi connectivity index (χ4n) is 5.76. The van der Waals surface area contributed by atoms with Gasteiger partial charge >= 0.3 is 0 Å². The van der Waals surface area contributed by atoms with E-state index in [0.29, 0.717) is 29.8 Å². The zero-order valence-electron chi connectivity index (χ0n) is 30.2. The second kappa shape index (κ2) is 17.8. The van der Waals surface area contributed by atoms with Gasteiger partial charge in [0.2, 0.25) is 11.8 Å². The fraction of sp³-hybridized carbons (Fsp3) is 0.436. The molecular weight excluding hydrogens is 632 g/mol. The van der Waals surface area contributed by atoms with Crippen molar-refractivity contribution in [1.29, 1.82) is 0 Å². The van der Waals surface area contributed by atoms with E-state index in [4.69, 9.17) is 4.74 Å². The lowest BCUT2D eigenvalue weighted by Crippen LogP contribution is -2.55. The van der Waals surface area contributed by atoms with E-state index in [9.17, 15) is 19.2 Å². The molecular formula is C39H52N6O5. The van der Waals surface area contributed by atoms with Crippen molar-refractivity contribution in [2.24, 2.45) is 5.92 Å². The summed E-state index contributed by atoms with van der Waals surface area (Å²) in [5.74, 6) is -1.29. The maximum atomic E-state index is 14.0. The highest BCUT2D eigenvalue weighted by atomic mass is 16.6. The molecule has 5 N–H and O–H groups in total. The Hall–Kier alpha value is -4.74. The maximum Gasteiger partial charge on any atom is 0.251 e. The van der Waals surface area contributed by atoms with Crippen molar-refractivity contribution in [2.45, 2.75) is 84.5 Å². The van der Waals surface area contributed by atoms with Crippen LogP contribution in [0.3, 0.4) is 0 Å². The second-order valence-corrected chi connectivity index (χ2v) is 13.3. The number of nitrogens with one attached hydrogen (secondary N) is 5. The normalized spacial score (nSPS) is 17.5.